The Bertz CT molecular complexity index is 190. The highest BCUT2D eigenvalue weighted by atomic mass is 16.1. The van der Waals surface area contributed by atoms with E-state index in [1.165, 1.54) is 12.8 Å². The Morgan fingerprint density at radius 3 is 3.00 bits per heavy atom. The Labute approximate surface area is 73.7 Å². The van der Waals surface area contributed by atoms with E-state index in [-0.39, 0.29) is 0 Å². The Balaban J connectivity index is 2.04. The van der Waals surface area contributed by atoms with Gasteiger partial charge in [0.05, 0.1) is 0 Å². The first-order valence-corrected chi connectivity index (χ1v) is 5.06. The monoisotopic (exact) mass is 167 g/mol. The van der Waals surface area contributed by atoms with Crippen LogP contribution in [0.25, 0.3) is 0 Å². The van der Waals surface area contributed by atoms with Crippen LogP contribution < -0.4 is 5.32 Å². The lowest BCUT2D eigenvalue weighted by Gasteiger charge is -2.38. The summed E-state index contributed by atoms with van der Waals surface area (Å²) in [6, 6.07) is 1.13. The largest absolute Gasteiger partial charge is 0.311 e. The first-order valence-electron chi connectivity index (χ1n) is 5.06. The quantitative estimate of drug-likeness (QED) is 0.592. The van der Waals surface area contributed by atoms with E-state index >= 15 is 0 Å². The summed E-state index contributed by atoms with van der Waals surface area (Å²) in [7, 11) is 0. The Kier molecular flexibility index (Phi) is 2.18. The van der Waals surface area contributed by atoms with Crippen molar-refractivity contribution in [3.8, 4) is 0 Å². The molecule has 0 aromatic rings. The molecule has 3 unspecified atom stereocenters. The smallest absolute Gasteiger partial charge is 0.137 e. The van der Waals surface area contributed by atoms with Crippen molar-refractivity contribution in [1.29, 1.82) is 0 Å². The molecule has 0 aromatic heterocycles. The minimum Gasteiger partial charge on any atom is -0.311 e. The molecule has 12 heavy (non-hydrogen) atoms. The summed E-state index contributed by atoms with van der Waals surface area (Å²) < 4.78 is 0. The summed E-state index contributed by atoms with van der Waals surface area (Å²) in [4.78, 5) is 11.5. The van der Waals surface area contributed by atoms with Gasteiger partial charge in [-0.1, -0.05) is 0 Å². The summed E-state index contributed by atoms with van der Waals surface area (Å²) in [5, 5.41) is 3.53. The Morgan fingerprint density at radius 1 is 1.33 bits per heavy atom. The van der Waals surface area contributed by atoms with Crippen LogP contribution in [0.5, 0.6) is 0 Å². The van der Waals surface area contributed by atoms with Crippen LogP contribution in [0.1, 0.15) is 39.0 Å². The van der Waals surface area contributed by atoms with E-state index < -0.39 is 0 Å². The molecule has 2 fully saturated rings. The number of hydrogen-bond acceptors (Lipinski definition) is 2. The van der Waals surface area contributed by atoms with Crippen LogP contribution in [-0.2, 0) is 4.79 Å². The molecule has 3 atom stereocenters. The number of hydrogen-bond donors (Lipinski definition) is 1. The molecule has 0 amide bonds. The van der Waals surface area contributed by atoms with Crippen LogP contribution in [0.4, 0.5) is 0 Å². The van der Waals surface area contributed by atoms with Crippen molar-refractivity contribution in [2.45, 2.75) is 51.1 Å². The van der Waals surface area contributed by atoms with Crippen LogP contribution >= 0.6 is 0 Å². The maximum atomic E-state index is 11.5. The average Bonchev–Trinajstić information content (AvgIpc) is 2.04. The van der Waals surface area contributed by atoms with E-state index in [1.807, 2.05) is 0 Å². The summed E-state index contributed by atoms with van der Waals surface area (Å²) in [6.45, 7) is 2.22. The molecule has 0 radical (unpaired) electrons. The molecule has 2 aliphatic rings. The highest BCUT2D eigenvalue weighted by Gasteiger charge is 2.35. The summed E-state index contributed by atoms with van der Waals surface area (Å²) in [6.07, 6.45) is 5.43. The molecular weight excluding hydrogens is 150 g/mol. The van der Waals surface area contributed by atoms with Crippen molar-refractivity contribution in [1.82, 2.24) is 5.32 Å². The Morgan fingerprint density at radius 2 is 2.17 bits per heavy atom. The highest BCUT2D eigenvalue weighted by molar-refractivity contribution is 5.82. The number of carbonyl (C=O) groups excluding carboxylic acids is 1. The highest BCUT2D eigenvalue weighted by Crippen LogP contribution is 2.29. The average molecular weight is 167 g/mol. The van der Waals surface area contributed by atoms with E-state index in [1.54, 1.807) is 0 Å². The maximum absolute atomic E-state index is 11.5. The molecular formula is C10H17NO. The molecule has 0 spiro atoms. The van der Waals surface area contributed by atoms with Crippen molar-refractivity contribution in [3.63, 3.8) is 0 Å². The predicted octanol–water partition coefficient (Wildman–Crippen LogP) is 1.50. The molecule has 1 saturated heterocycles. The maximum Gasteiger partial charge on any atom is 0.137 e. The molecule has 68 valence electrons. The van der Waals surface area contributed by atoms with Crippen molar-refractivity contribution in [3.05, 3.63) is 0 Å². The molecule has 1 saturated carbocycles. The number of rotatable bonds is 0. The zero-order valence-corrected chi connectivity index (χ0v) is 7.68. The topological polar surface area (TPSA) is 29.1 Å². The number of fused-ring (bicyclic) bond motifs is 1. The lowest BCUT2D eigenvalue weighted by atomic mass is 9.77. The summed E-state index contributed by atoms with van der Waals surface area (Å²) in [5.41, 5.74) is 0. The molecule has 1 aliphatic carbocycles. The van der Waals surface area contributed by atoms with Gasteiger partial charge in [-0.25, -0.2) is 0 Å². The van der Waals surface area contributed by atoms with Crippen molar-refractivity contribution < 1.29 is 4.79 Å². The second-order valence-electron chi connectivity index (χ2n) is 4.22. The van der Waals surface area contributed by atoms with E-state index in [9.17, 15) is 4.79 Å². The van der Waals surface area contributed by atoms with Gasteiger partial charge in [0.1, 0.15) is 5.78 Å². The van der Waals surface area contributed by atoms with E-state index in [2.05, 4.69) is 12.2 Å². The van der Waals surface area contributed by atoms with Gasteiger partial charge in [-0.3, -0.25) is 4.79 Å². The van der Waals surface area contributed by atoms with Gasteiger partial charge >= 0.3 is 0 Å². The van der Waals surface area contributed by atoms with Crippen molar-refractivity contribution >= 4 is 5.78 Å². The number of piperidine rings is 1. The van der Waals surface area contributed by atoms with Gasteiger partial charge in [0.25, 0.3) is 0 Å². The van der Waals surface area contributed by atoms with E-state index in [0.29, 0.717) is 23.8 Å². The standard InChI is InChI=1S/C10H17NO/c1-7-5-6-8-9(11-7)3-2-4-10(8)12/h7-9,11H,2-6H2,1H3. The summed E-state index contributed by atoms with van der Waals surface area (Å²) in [5.74, 6) is 0.862. The van der Waals surface area contributed by atoms with Gasteiger partial charge in [-0.15, -0.1) is 0 Å². The molecule has 2 heteroatoms. The number of carbonyl (C=O) groups is 1. The van der Waals surface area contributed by atoms with E-state index in [4.69, 9.17) is 0 Å². The predicted molar refractivity (Wildman–Crippen MR) is 48.0 cm³/mol. The van der Waals surface area contributed by atoms with Crippen molar-refractivity contribution in [2.24, 2.45) is 5.92 Å². The first kappa shape index (κ1) is 8.24. The SMILES string of the molecule is CC1CCC2C(=O)CCCC2N1. The first-order chi connectivity index (χ1) is 5.77. The van der Waals surface area contributed by atoms with Crippen LogP contribution in [0.2, 0.25) is 0 Å². The van der Waals surface area contributed by atoms with Gasteiger partial charge in [-0.2, -0.15) is 0 Å². The fourth-order valence-corrected chi connectivity index (χ4v) is 2.55. The van der Waals surface area contributed by atoms with Crippen molar-refractivity contribution in [2.75, 3.05) is 0 Å². The molecule has 1 aliphatic heterocycles. The minimum absolute atomic E-state index is 0.356. The van der Waals surface area contributed by atoms with Gasteiger partial charge in [-0.05, 0) is 32.6 Å². The van der Waals surface area contributed by atoms with E-state index in [0.717, 1.165) is 19.3 Å². The summed E-state index contributed by atoms with van der Waals surface area (Å²) >= 11 is 0. The lowest BCUT2D eigenvalue weighted by molar-refractivity contribution is -0.126. The number of Topliss-reactive ketones (excluding diaryl/α,β-unsaturated/α-hetero) is 1. The Hall–Kier alpha value is -0.370. The zero-order chi connectivity index (χ0) is 8.55. The number of ketones is 1. The van der Waals surface area contributed by atoms with Crippen LogP contribution in [0.15, 0.2) is 0 Å². The molecule has 2 nitrogen and oxygen atoms in total. The second kappa shape index (κ2) is 3.17. The molecule has 1 N–H and O–H groups in total. The molecule has 0 aromatic carbocycles. The second-order valence-corrected chi connectivity index (χ2v) is 4.22. The third-order valence-electron chi connectivity index (χ3n) is 3.25. The van der Waals surface area contributed by atoms with Gasteiger partial charge in [0.15, 0.2) is 0 Å². The van der Waals surface area contributed by atoms with Crippen LogP contribution in [0.3, 0.4) is 0 Å². The van der Waals surface area contributed by atoms with Gasteiger partial charge in [0.2, 0.25) is 0 Å². The third-order valence-corrected chi connectivity index (χ3v) is 3.25. The fourth-order valence-electron chi connectivity index (χ4n) is 2.55. The van der Waals surface area contributed by atoms with Gasteiger partial charge in [0, 0.05) is 24.4 Å². The van der Waals surface area contributed by atoms with Crippen LogP contribution in [-0.4, -0.2) is 17.9 Å². The van der Waals surface area contributed by atoms with Gasteiger partial charge < -0.3 is 5.32 Å². The number of nitrogens with one attached hydrogen (secondary N) is 1. The lowest BCUT2D eigenvalue weighted by Crippen LogP contribution is -2.50. The fraction of sp³-hybridized carbons (Fsp3) is 0.900. The van der Waals surface area contributed by atoms with Crippen LogP contribution in [0, 0.1) is 5.92 Å². The normalized spacial score (nSPS) is 42.4. The molecule has 0 bridgehead atoms. The zero-order valence-electron chi connectivity index (χ0n) is 7.68. The third kappa shape index (κ3) is 1.40. The molecule has 1 heterocycles. The molecule has 2 rings (SSSR count). The minimum atomic E-state index is 0.356.